The van der Waals surface area contributed by atoms with E-state index in [2.05, 4.69) is 48.7 Å². The second-order valence-electron chi connectivity index (χ2n) is 7.52. The Bertz CT molecular complexity index is 553. The summed E-state index contributed by atoms with van der Waals surface area (Å²) in [4.78, 5) is 25.6. The molecule has 0 aromatic heterocycles. The van der Waals surface area contributed by atoms with E-state index in [1.165, 1.54) is 5.56 Å². The largest absolute Gasteiger partial charge is 0.353 e. The molecule has 2 amide bonds. The lowest BCUT2D eigenvalue weighted by atomic mass is 10.00. The molecule has 1 aromatic carbocycles. The van der Waals surface area contributed by atoms with Crippen molar-refractivity contribution in [3.8, 4) is 0 Å². The minimum absolute atomic E-state index is 0.0570. The van der Waals surface area contributed by atoms with Crippen LogP contribution in [-0.4, -0.2) is 42.9 Å². The number of rotatable bonds is 9. The second kappa shape index (κ2) is 10.2. The standard InChI is InChI=1S/C20H33N3O2/c1-14(2)11-17-7-9-18(10-8-17)16(5)22-20(25)13-23(6)12-19(24)21-15(3)4/h7-10,14-16H,11-13H2,1-6H3,(H,21,24)(H,22,25)/t16-/m0/s1. The van der Waals surface area contributed by atoms with Crippen molar-refractivity contribution in [1.82, 2.24) is 15.5 Å². The topological polar surface area (TPSA) is 61.4 Å². The molecule has 0 aliphatic heterocycles. The predicted molar refractivity (Wildman–Crippen MR) is 102 cm³/mol. The number of likely N-dealkylation sites (N-methyl/N-ethyl adjacent to an activating group) is 1. The Balaban J connectivity index is 2.46. The number of carbonyl (C=O) groups is 2. The third-order valence-corrected chi connectivity index (χ3v) is 3.78. The molecule has 1 atom stereocenters. The first-order valence-corrected chi connectivity index (χ1v) is 9.03. The molecule has 0 heterocycles. The van der Waals surface area contributed by atoms with Gasteiger partial charge in [0.1, 0.15) is 0 Å². The van der Waals surface area contributed by atoms with Crippen molar-refractivity contribution >= 4 is 11.8 Å². The normalized spacial score (nSPS) is 12.5. The molecule has 0 fully saturated rings. The van der Waals surface area contributed by atoms with E-state index in [0.717, 1.165) is 12.0 Å². The van der Waals surface area contributed by atoms with Gasteiger partial charge in [0.15, 0.2) is 0 Å². The van der Waals surface area contributed by atoms with E-state index in [-0.39, 0.29) is 37.0 Å². The molecule has 140 valence electrons. The van der Waals surface area contributed by atoms with E-state index >= 15 is 0 Å². The van der Waals surface area contributed by atoms with Crippen LogP contribution in [0.15, 0.2) is 24.3 Å². The van der Waals surface area contributed by atoms with E-state index in [1.54, 1.807) is 11.9 Å². The molecule has 1 rings (SSSR count). The number of amides is 2. The van der Waals surface area contributed by atoms with E-state index in [9.17, 15) is 9.59 Å². The summed E-state index contributed by atoms with van der Waals surface area (Å²) in [5, 5.41) is 5.81. The molecule has 0 saturated carbocycles. The zero-order valence-electron chi connectivity index (χ0n) is 16.4. The molecule has 0 aliphatic carbocycles. The number of nitrogens with zero attached hydrogens (tertiary/aromatic N) is 1. The van der Waals surface area contributed by atoms with Crippen LogP contribution in [0.3, 0.4) is 0 Å². The highest BCUT2D eigenvalue weighted by Crippen LogP contribution is 2.15. The highest BCUT2D eigenvalue weighted by Gasteiger charge is 2.14. The van der Waals surface area contributed by atoms with Crippen LogP contribution < -0.4 is 10.6 Å². The summed E-state index contributed by atoms with van der Waals surface area (Å²) in [5.41, 5.74) is 2.40. The van der Waals surface area contributed by atoms with E-state index in [0.29, 0.717) is 5.92 Å². The molecular weight excluding hydrogens is 314 g/mol. The van der Waals surface area contributed by atoms with Crippen LogP contribution in [0.5, 0.6) is 0 Å². The van der Waals surface area contributed by atoms with Crippen LogP contribution in [0.25, 0.3) is 0 Å². The molecule has 0 spiro atoms. The van der Waals surface area contributed by atoms with Gasteiger partial charge in [-0.1, -0.05) is 38.1 Å². The van der Waals surface area contributed by atoms with Crippen LogP contribution in [-0.2, 0) is 16.0 Å². The first kappa shape index (κ1) is 21.2. The van der Waals surface area contributed by atoms with Crippen molar-refractivity contribution in [3.63, 3.8) is 0 Å². The van der Waals surface area contributed by atoms with Gasteiger partial charge < -0.3 is 10.6 Å². The van der Waals surface area contributed by atoms with Crippen molar-refractivity contribution in [1.29, 1.82) is 0 Å². The average Bonchev–Trinajstić information content (AvgIpc) is 2.45. The number of carbonyl (C=O) groups excluding carboxylic acids is 2. The van der Waals surface area contributed by atoms with Crippen molar-refractivity contribution in [2.75, 3.05) is 20.1 Å². The molecule has 0 unspecified atom stereocenters. The van der Waals surface area contributed by atoms with Gasteiger partial charge in [-0.3, -0.25) is 14.5 Å². The molecule has 1 aromatic rings. The third kappa shape index (κ3) is 8.68. The molecular formula is C20H33N3O2. The predicted octanol–water partition coefficient (Wildman–Crippen LogP) is 2.52. The van der Waals surface area contributed by atoms with Crippen LogP contribution in [0.2, 0.25) is 0 Å². The maximum Gasteiger partial charge on any atom is 0.234 e. The smallest absolute Gasteiger partial charge is 0.234 e. The Hall–Kier alpha value is -1.88. The quantitative estimate of drug-likeness (QED) is 0.721. The fourth-order valence-electron chi connectivity index (χ4n) is 2.70. The van der Waals surface area contributed by atoms with Crippen LogP contribution in [0, 0.1) is 5.92 Å². The second-order valence-corrected chi connectivity index (χ2v) is 7.52. The number of benzene rings is 1. The number of nitrogens with one attached hydrogen (secondary N) is 2. The van der Waals surface area contributed by atoms with E-state index < -0.39 is 0 Å². The summed E-state index contributed by atoms with van der Waals surface area (Å²) >= 11 is 0. The lowest BCUT2D eigenvalue weighted by Crippen LogP contribution is -2.42. The SMILES string of the molecule is CC(C)Cc1ccc([C@H](C)NC(=O)CN(C)CC(=O)NC(C)C)cc1. The first-order valence-electron chi connectivity index (χ1n) is 9.03. The molecule has 0 bridgehead atoms. The summed E-state index contributed by atoms with van der Waals surface area (Å²) in [6.45, 7) is 10.6. The molecule has 25 heavy (non-hydrogen) atoms. The van der Waals surface area contributed by atoms with Crippen molar-refractivity contribution < 1.29 is 9.59 Å². The van der Waals surface area contributed by atoms with Gasteiger partial charge in [0.25, 0.3) is 0 Å². The van der Waals surface area contributed by atoms with Crippen LogP contribution in [0.4, 0.5) is 0 Å². The van der Waals surface area contributed by atoms with Gasteiger partial charge in [-0.25, -0.2) is 0 Å². The molecule has 0 saturated heterocycles. The fourth-order valence-corrected chi connectivity index (χ4v) is 2.70. The molecule has 5 heteroatoms. The highest BCUT2D eigenvalue weighted by molar-refractivity contribution is 5.81. The first-order chi connectivity index (χ1) is 11.7. The highest BCUT2D eigenvalue weighted by atomic mass is 16.2. The zero-order valence-corrected chi connectivity index (χ0v) is 16.4. The average molecular weight is 348 g/mol. The number of hydrogen-bond acceptors (Lipinski definition) is 3. The number of hydrogen-bond donors (Lipinski definition) is 2. The molecule has 5 nitrogen and oxygen atoms in total. The van der Waals surface area contributed by atoms with Gasteiger partial charge in [-0.2, -0.15) is 0 Å². The van der Waals surface area contributed by atoms with Crippen LogP contribution >= 0.6 is 0 Å². The Morgan fingerprint density at radius 3 is 1.92 bits per heavy atom. The van der Waals surface area contributed by atoms with Gasteiger partial charge in [0, 0.05) is 6.04 Å². The van der Waals surface area contributed by atoms with Gasteiger partial charge in [-0.05, 0) is 51.3 Å². The van der Waals surface area contributed by atoms with Gasteiger partial charge in [0.2, 0.25) is 11.8 Å². The zero-order chi connectivity index (χ0) is 19.0. The Morgan fingerprint density at radius 2 is 1.44 bits per heavy atom. The van der Waals surface area contributed by atoms with Crippen molar-refractivity contribution in [2.24, 2.45) is 5.92 Å². The Labute approximate surface area is 152 Å². The fraction of sp³-hybridized carbons (Fsp3) is 0.600. The van der Waals surface area contributed by atoms with Crippen molar-refractivity contribution in [2.45, 2.75) is 53.1 Å². The third-order valence-electron chi connectivity index (χ3n) is 3.78. The Kier molecular flexibility index (Phi) is 8.62. The summed E-state index contributed by atoms with van der Waals surface area (Å²) in [6, 6.07) is 8.44. The molecule has 2 N–H and O–H groups in total. The molecule has 0 radical (unpaired) electrons. The van der Waals surface area contributed by atoms with Crippen molar-refractivity contribution in [3.05, 3.63) is 35.4 Å². The monoisotopic (exact) mass is 347 g/mol. The lowest BCUT2D eigenvalue weighted by Gasteiger charge is -2.19. The summed E-state index contributed by atoms with van der Waals surface area (Å²) < 4.78 is 0. The van der Waals surface area contributed by atoms with Gasteiger partial charge in [-0.15, -0.1) is 0 Å². The van der Waals surface area contributed by atoms with E-state index in [1.807, 2.05) is 20.8 Å². The summed E-state index contributed by atoms with van der Waals surface area (Å²) in [5.74, 6) is 0.476. The maximum absolute atomic E-state index is 12.2. The Morgan fingerprint density at radius 1 is 0.920 bits per heavy atom. The summed E-state index contributed by atoms with van der Waals surface area (Å²) in [6.07, 6.45) is 1.06. The lowest BCUT2D eigenvalue weighted by molar-refractivity contribution is -0.125. The van der Waals surface area contributed by atoms with E-state index in [4.69, 9.17) is 0 Å². The van der Waals surface area contributed by atoms with Crippen LogP contribution in [0.1, 0.15) is 51.8 Å². The maximum atomic E-state index is 12.2. The minimum atomic E-state index is -0.0846. The van der Waals surface area contributed by atoms with Gasteiger partial charge >= 0.3 is 0 Å². The minimum Gasteiger partial charge on any atom is -0.353 e. The summed E-state index contributed by atoms with van der Waals surface area (Å²) in [7, 11) is 1.77. The van der Waals surface area contributed by atoms with Gasteiger partial charge in [0.05, 0.1) is 19.1 Å². The molecule has 0 aliphatic rings.